The first-order valence-electron chi connectivity index (χ1n) is 8.66. The smallest absolute Gasteiger partial charge is 0.225 e. The normalized spacial score (nSPS) is 14.7. The summed E-state index contributed by atoms with van der Waals surface area (Å²) in [7, 11) is 0. The van der Waals surface area contributed by atoms with Crippen LogP contribution in [0.1, 0.15) is 12.5 Å². The summed E-state index contributed by atoms with van der Waals surface area (Å²) in [4.78, 5) is 17.7. The zero-order valence-electron chi connectivity index (χ0n) is 15.1. The van der Waals surface area contributed by atoms with Crippen LogP contribution >= 0.6 is 39.9 Å². The maximum atomic E-state index is 13.7. The van der Waals surface area contributed by atoms with Crippen molar-refractivity contribution in [2.45, 2.75) is 13.5 Å². The van der Waals surface area contributed by atoms with Gasteiger partial charge >= 0.3 is 0 Å². The molecule has 0 unspecified atom stereocenters. The molecule has 0 spiro atoms. The number of halogens is 3. The topological polar surface area (TPSA) is 56.7 Å². The van der Waals surface area contributed by atoms with Gasteiger partial charge in [-0.2, -0.15) is 0 Å². The number of benzene rings is 1. The van der Waals surface area contributed by atoms with Crippen LogP contribution in [0.15, 0.2) is 46.1 Å². The Bertz CT molecular complexity index is 753. The molecule has 6 nitrogen and oxygen atoms in total. The first-order chi connectivity index (χ1) is 12.7. The molecule has 1 aromatic heterocycles. The number of hydrogen-bond acceptors (Lipinski definition) is 4. The summed E-state index contributed by atoms with van der Waals surface area (Å²) >= 11 is 3.18. The lowest BCUT2D eigenvalue weighted by Crippen LogP contribution is -2.52. The number of hydrogen-bond donors (Lipinski definition) is 1. The molecule has 0 atom stereocenters. The summed E-state index contributed by atoms with van der Waals surface area (Å²) < 4.78 is 14.1. The fourth-order valence-corrected chi connectivity index (χ4v) is 3.05. The van der Waals surface area contributed by atoms with Gasteiger partial charge in [0, 0.05) is 45.1 Å². The molecule has 27 heavy (non-hydrogen) atoms. The van der Waals surface area contributed by atoms with Crippen molar-refractivity contribution in [1.29, 1.82) is 0 Å². The minimum absolute atomic E-state index is 0. The molecule has 9 heteroatoms. The van der Waals surface area contributed by atoms with Gasteiger partial charge in [-0.1, -0.05) is 6.07 Å². The van der Waals surface area contributed by atoms with E-state index in [1.807, 2.05) is 19.1 Å². The number of guanidine groups is 1. The Balaban J connectivity index is 0.00000261. The minimum Gasteiger partial charge on any atom is -0.357 e. The van der Waals surface area contributed by atoms with E-state index >= 15 is 0 Å². The van der Waals surface area contributed by atoms with E-state index in [2.05, 4.69) is 46.0 Å². The Kier molecular flexibility index (Phi) is 8.68. The Morgan fingerprint density at radius 2 is 1.93 bits per heavy atom. The van der Waals surface area contributed by atoms with Crippen molar-refractivity contribution in [2.75, 3.05) is 37.6 Å². The SMILES string of the molecule is CCNC(=NCc1ccc(Br)c(F)c1)N1CCN(c2ncccn2)CC1.I. The van der Waals surface area contributed by atoms with Crippen LogP contribution in [0.25, 0.3) is 0 Å². The molecule has 1 aromatic carbocycles. The monoisotopic (exact) mass is 548 g/mol. The van der Waals surface area contributed by atoms with Gasteiger partial charge in [0.15, 0.2) is 5.96 Å². The molecule has 0 amide bonds. The molecule has 0 saturated carbocycles. The molecule has 1 N–H and O–H groups in total. The quantitative estimate of drug-likeness (QED) is 0.361. The van der Waals surface area contributed by atoms with Crippen LogP contribution in [-0.2, 0) is 6.54 Å². The predicted molar refractivity (Wildman–Crippen MR) is 120 cm³/mol. The standard InChI is InChI=1S/C18H22BrFN6.HI/c1-2-21-17(24-13-14-4-5-15(19)16(20)12-14)25-8-10-26(11-9-25)18-22-6-3-7-23-18;/h3-7,12H,2,8-11,13H2,1H3,(H,21,24);1H. The Hall–Kier alpha value is -1.49. The zero-order valence-corrected chi connectivity index (χ0v) is 19.0. The number of anilines is 1. The molecule has 146 valence electrons. The molecule has 1 aliphatic heterocycles. The van der Waals surface area contributed by atoms with Gasteiger partial charge in [-0.15, -0.1) is 24.0 Å². The Morgan fingerprint density at radius 1 is 1.22 bits per heavy atom. The fourth-order valence-electron chi connectivity index (χ4n) is 2.80. The van der Waals surface area contributed by atoms with Gasteiger partial charge in [-0.3, -0.25) is 0 Å². The number of nitrogens with one attached hydrogen (secondary N) is 1. The van der Waals surface area contributed by atoms with Crippen LogP contribution in [0.5, 0.6) is 0 Å². The van der Waals surface area contributed by atoms with Crippen LogP contribution in [0.3, 0.4) is 0 Å². The molecule has 0 aliphatic carbocycles. The van der Waals surface area contributed by atoms with E-state index in [9.17, 15) is 4.39 Å². The highest BCUT2D eigenvalue weighted by atomic mass is 127. The van der Waals surface area contributed by atoms with Crippen LogP contribution in [0, 0.1) is 5.82 Å². The van der Waals surface area contributed by atoms with E-state index in [1.54, 1.807) is 18.5 Å². The van der Waals surface area contributed by atoms with Crippen LogP contribution in [0.4, 0.5) is 10.3 Å². The molecular weight excluding hydrogens is 526 g/mol. The summed E-state index contributed by atoms with van der Waals surface area (Å²) in [5, 5.41) is 3.33. The van der Waals surface area contributed by atoms with Crippen molar-refractivity contribution in [3.63, 3.8) is 0 Å². The first-order valence-corrected chi connectivity index (χ1v) is 9.46. The summed E-state index contributed by atoms with van der Waals surface area (Å²) in [6, 6.07) is 6.93. The number of piperazine rings is 1. The van der Waals surface area contributed by atoms with Crippen LogP contribution in [-0.4, -0.2) is 53.6 Å². The minimum atomic E-state index is -0.265. The third kappa shape index (κ3) is 6.00. The van der Waals surface area contributed by atoms with Crippen molar-refractivity contribution in [3.8, 4) is 0 Å². The highest BCUT2D eigenvalue weighted by Gasteiger charge is 2.21. The third-order valence-corrected chi connectivity index (χ3v) is 4.79. The van der Waals surface area contributed by atoms with Gasteiger partial charge < -0.3 is 15.1 Å². The van der Waals surface area contributed by atoms with Gasteiger partial charge in [0.2, 0.25) is 5.95 Å². The molecule has 1 aliphatic rings. The second-order valence-corrected chi connectivity index (χ2v) is 6.80. The molecular formula is C18H23BrFIN6. The van der Waals surface area contributed by atoms with Crippen LogP contribution < -0.4 is 10.2 Å². The molecule has 2 heterocycles. The maximum Gasteiger partial charge on any atom is 0.225 e. The van der Waals surface area contributed by atoms with Crippen LogP contribution in [0.2, 0.25) is 0 Å². The molecule has 0 bridgehead atoms. The van der Waals surface area contributed by atoms with Gasteiger partial charge in [-0.25, -0.2) is 19.4 Å². The van der Waals surface area contributed by atoms with E-state index in [-0.39, 0.29) is 29.8 Å². The molecule has 0 radical (unpaired) electrons. The maximum absolute atomic E-state index is 13.7. The summed E-state index contributed by atoms with van der Waals surface area (Å²) in [5.41, 5.74) is 0.845. The summed E-state index contributed by atoms with van der Waals surface area (Å²) in [6.07, 6.45) is 3.52. The molecule has 2 aromatic rings. The molecule has 3 rings (SSSR count). The average molecular weight is 549 g/mol. The highest BCUT2D eigenvalue weighted by Crippen LogP contribution is 2.17. The second kappa shape index (κ2) is 10.7. The van der Waals surface area contributed by atoms with E-state index < -0.39 is 0 Å². The van der Waals surface area contributed by atoms with Gasteiger partial charge in [0.25, 0.3) is 0 Å². The molecule has 1 fully saturated rings. The largest absolute Gasteiger partial charge is 0.357 e. The predicted octanol–water partition coefficient (Wildman–Crippen LogP) is 3.28. The van der Waals surface area contributed by atoms with Gasteiger partial charge in [-0.05, 0) is 46.6 Å². The molecule has 1 saturated heterocycles. The van der Waals surface area contributed by atoms with E-state index in [0.717, 1.165) is 50.2 Å². The van der Waals surface area contributed by atoms with E-state index in [4.69, 9.17) is 0 Å². The van der Waals surface area contributed by atoms with Gasteiger partial charge in [0.05, 0.1) is 11.0 Å². The average Bonchev–Trinajstić information content (AvgIpc) is 2.68. The van der Waals surface area contributed by atoms with Crippen molar-refractivity contribution in [2.24, 2.45) is 4.99 Å². The lowest BCUT2D eigenvalue weighted by molar-refractivity contribution is 0.370. The Morgan fingerprint density at radius 3 is 2.56 bits per heavy atom. The summed E-state index contributed by atoms with van der Waals surface area (Å²) in [6.45, 7) is 6.60. The number of nitrogens with zero attached hydrogens (tertiary/aromatic N) is 5. The van der Waals surface area contributed by atoms with Crippen molar-refractivity contribution in [3.05, 3.63) is 52.5 Å². The third-order valence-electron chi connectivity index (χ3n) is 4.14. The number of rotatable bonds is 4. The van der Waals surface area contributed by atoms with E-state index in [0.29, 0.717) is 11.0 Å². The number of aliphatic imine (C=N–C) groups is 1. The Labute approximate surface area is 184 Å². The summed E-state index contributed by atoms with van der Waals surface area (Å²) in [5.74, 6) is 1.35. The number of aromatic nitrogens is 2. The fraction of sp³-hybridized carbons (Fsp3) is 0.389. The van der Waals surface area contributed by atoms with Gasteiger partial charge in [0.1, 0.15) is 5.82 Å². The first kappa shape index (κ1) is 21.8. The van der Waals surface area contributed by atoms with Crippen molar-refractivity contribution >= 4 is 51.8 Å². The zero-order chi connectivity index (χ0) is 18.4. The second-order valence-electron chi connectivity index (χ2n) is 5.94. The van der Waals surface area contributed by atoms with Crippen molar-refractivity contribution in [1.82, 2.24) is 20.2 Å². The lowest BCUT2D eigenvalue weighted by Gasteiger charge is -2.36. The highest BCUT2D eigenvalue weighted by molar-refractivity contribution is 14.0. The van der Waals surface area contributed by atoms with E-state index in [1.165, 1.54) is 6.07 Å². The van der Waals surface area contributed by atoms with Crippen molar-refractivity contribution < 1.29 is 4.39 Å². The lowest BCUT2D eigenvalue weighted by atomic mass is 10.2.